The number of sulfonamides is 1. The smallest absolute Gasteiger partial charge is 0.226 e. The van der Waals surface area contributed by atoms with Gasteiger partial charge in [0.15, 0.2) is 5.65 Å². The molecule has 4 N–H and O–H groups in total. The number of hydrogen-bond acceptors (Lipinski definition) is 7. The van der Waals surface area contributed by atoms with Crippen LogP contribution in [0.4, 0.5) is 11.8 Å². The summed E-state index contributed by atoms with van der Waals surface area (Å²) < 4.78 is 24.9. The zero-order valence-corrected chi connectivity index (χ0v) is 11.4. The van der Waals surface area contributed by atoms with Crippen LogP contribution in [-0.2, 0) is 10.0 Å². The monoisotopic (exact) mass is 285 g/mol. The van der Waals surface area contributed by atoms with Gasteiger partial charge < -0.3 is 10.6 Å². The highest BCUT2D eigenvalue weighted by molar-refractivity contribution is 7.89. The first-order valence-electron chi connectivity index (χ1n) is 5.59. The summed E-state index contributed by atoms with van der Waals surface area (Å²) in [6.45, 7) is 0.240. The molecule has 0 atom stereocenters. The Morgan fingerprint density at radius 2 is 2.11 bits per heavy atom. The lowest BCUT2D eigenvalue weighted by Gasteiger charge is -2.08. The zero-order chi connectivity index (χ0) is 13.9. The average Bonchev–Trinajstić information content (AvgIpc) is 2.86. The molecular formula is C9H15N7O2S. The molecule has 0 radical (unpaired) electrons. The van der Waals surface area contributed by atoms with E-state index in [1.54, 1.807) is 13.2 Å². The quantitative estimate of drug-likeness (QED) is 0.556. The molecule has 0 aliphatic heterocycles. The maximum atomic E-state index is 11.3. The minimum atomic E-state index is -3.24. The number of aromatic nitrogens is 4. The van der Waals surface area contributed by atoms with Crippen LogP contribution in [0.1, 0.15) is 0 Å². The molecule has 2 rings (SSSR count). The molecule has 2 heterocycles. The molecule has 0 saturated heterocycles. The Hall–Kier alpha value is -1.94. The van der Waals surface area contributed by atoms with E-state index in [0.29, 0.717) is 22.8 Å². The summed E-state index contributed by atoms with van der Waals surface area (Å²) >= 11 is 0. The van der Waals surface area contributed by atoms with E-state index in [4.69, 9.17) is 0 Å². The van der Waals surface area contributed by atoms with E-state index in [2.05, 4.69) is 35.5 Å². The molecule has 0 unspecified atom stereocenters. The molecular weight excluding hydrogens is 270 g/mol. The average molecular weight is 285 g/mol. The second kappa shape index (κ2) is 5.36. The van der Waals surface area contributed by atoms with E-state index >= 15 is 0 Å². The van der Waals surface area contributed by atoms with Gasteiger partial charge in [-0.15, -0.1) is 0 Å². The third-order valence-corrected chi connectivity index (χ3v) is 3.87. The van der Waals surface area contributed by atoms with Gasteiger partial charge in [0, 0.05) is 13.6 Å². The molecule has 0 aromatic carbocycles. The summed E-state index contributed by atoms with van der Waals surface area (Å²) in [5.41, 5.74) is 0.582. The van der Waals surface area contributed by atoms with Crippen molar-refractivity contribution in [3.8, 4) is 0 Å². The first-order valence-corrected chi connectivity index (χ1v) is 7.25. The van der Waals surface area contributed by atoms with Crippen LogP contribution >= 0.6 is 0 Å². The molecule has 10 heteroatoms. The van der Waals surface area contributed by atoms with Gasteiger partial charge in [-0.1, -0.05) is 0 Å². The molecule has 0 amide bonds. The second-order valence-electron chi connectivity index (χ2n) is 3.73. The van der Waals surface area contributed by atoms with Crippen molar-refractivity contribution < 1.29 is 8.42 Å². The Labute approximate surface area is 110 Å². The zero-order valence-electron chi connectivity index (χ0n) is 10.6. The highest BCUT2D eigenvalue weighted by Crippen LogP contribution is 2.19. The third kappa shape index (κ3) is 3.09. The number of aromatic amines is 1. The largest absolute Gasteiger partial charge is 0.368 e. The van der Waals surface area contributed by atoms with E-state index < -0.39 is 10.0 Å². The minimum absolute atomic E-state index is 0.0399. The Morgan fingerprint density at radius 1 is 1.32 bits per heavy atom. The van der Waals surface area contributed by atoms with Gasteiger partial charge in [-0.3, -0.25) is 5.10 Å². The van der Waals surface area contributed by atoms with Crippen molar-refractivity contribution in [2.75, 3.05) is 37.0 Å². The van der Waals surface area contributed by atoms with Crippen molar-refractivity contribution in [2.24, 2.45) is 0 Å². The summed E-state index contributed by atoms with van der Waals surface area (Å²) in [5.74, 6) is 0.923. The van der Waals surface area contributed by atoms with Gasteiger partial charge in [0.1, 0.15) is 5.82 Å². The third-order valence-electron chi connectivity index (χ3n) is 2.51. The molecule has 2 aromatic heterocycles. The number of H-pyrrole nitrogens is 1. The molecule has 19 heavy (non-hydrogen) atoms. The fourth-order valence-electron chi connectivity index (χ4n) is 1.49. The number of rotatable bonds is 6. The first-order chi connectivity index (χ1) is 9.05. The van der Waals surface area contributed by atoms with Gasteiger partial charge in [0.2, 0.25) is 16.0 Å². The summed E-state index contributed by atoms with van der Waals surface area (Å²) in [5, 5.41) is 13.1. The molecule has 9 nitrogen and oxygen atoms in total. The number of fused-ring (bicyclic) bond motifs is 1. The van der Waals surface area contributed by atoms with Crippen LogP contribution in [0.3, 0.4) is 0 Å². The molecule has 0 aliphatic rings. The number of nitrogens with zero attached hydrogens (tertiary/aromatic N) is 3. The first kappa shape index (κ1) is 13.5. The predicted octanol–water partition coefficient (Wildman–Crippen LogP) is -0.644. The predicted molar refractivity (Wildman–Crippen MR) is 72.6 cm³/mol. The van der Waals surface area contributed by atoms with Crippen molar-refractivity contribution >= 4 is 32.8 Å². The highest BCUT2D eigenvalue weighted by atomic mass is 32.2. The Bertz CT molecular complexity index is 666. The molecule has 0 saturated carbocycles. The summed E-state index contributed by atoms with van der Waals surface area (Å²) in [7, 11) is -0.157. The van der Waals surface area contributed by atoms with E-state index in [1.807, 2.05) is 0 Å². The lowest BCUT2D eigenvalue weighted by molar-refractivity contribution is 0.588. The number of nitrogens with one attached hydrogen (secondary N) is 4. The van der Waals surface area contributed by atoms with Crippen LogP contribution in [0.15, 0.2) is 6.20 Å². The minimum Gasteiger partial charge on any atom is -0.368 e. The second-order valence-corrected chi connectivity index (χ2v) is 5.77. The Kier molecular flexibility index (Phi) is 3.81. The molecule has 0 bridgehead atoms. The molecule has 2 aromatic rings. The van der Waals surface area contributed by atoms with Crippen LogP contribution in [0.2, 0.25) is 0 Å². The summed E-state index contributed by atoms with van der Waals surface area (Å²) in [6, 6.07) is 0. The van der Waals surface area contributed by atoms with Crippen molar-refractivity contribution in [3.05, 3.63) is 6.20 Å². The van der Waals surface area contributed by atoms with Gasteiger partial charge in [-0.25, -0.2) is 13.1 Å². The molecule has 0 fully saturated rings. The highest BCUT2D eigenvalue weighted by Gasteiger charge is 2.10. The maximum absolute atomic E-state index is 11.3. The normalized spacial score (nSPS) is 11.7. The lowest BCUT2D eigenvalue weighted by Crippen LogP contribution is -2.26. The van der Waals surface area contributed by atoms with Crippen LogP contribution in [0.25, 0.3) is 11.0 Å². The Morgan fingerprint density at radius 3 is 2.79 bits per heavy atom. The van der Waals surface area contributed by atoms with Crippen molar-refractivity contribution in [1.82, 2.24) is 24.9 Å². The van der Waals surface area contributed by atoms with Crippen LogP contribution in [-0.4, -0.2) is 55.0 Å². The lowest BCUT2D eigenvalue weighted by atomic mass is 10.4. The summed E-state index contributed by atoms with van der Waals surface area (Å²) in [4.78, 5) is 8.40. The number of anilines is 2. The molecule has 0 aliphatic carbocycles. The Balaban J connectivity index is 2.17. The van der Waals surface area contributed by atoms with Gasteiger partial charge in [0.25, 0.3) is 0 Å². The van der Waals surface area contributed by atoms with Crippen LogP contribution in [0, 0.1) is 0 Å². The fourth-order valence-corrected chi connectivity index (χ4v) is 2.06. The van der Waals surface area contributed by atoms with Crippen LogP contribution in [0.5, 0.6) is 0 Å². The fraction of sp³-hybridized carbons (Fsp3) is 0.444. The van der Waals surface area contributed by atoms with E-state index in [1.165, 1.54) is 7.05 Å². The van der Waals surface area contributed by atoms with E-state index in [0.717, 1.165) is 0 Å². The standard InChI is InChI=1S/C9H15N7O2S/c1-10-9-14-7(6-5-13-16-8(6)15-9)12-3-4-19(17,18)11-2/h5,11H,3-4H2,1-2H3,(H3,10,12,13,14,15,16). The van der Waals surface area contributed by atoms with Crippen molar-refractivity contribution in [1.29, 1.82) is 0 Å². The van der Waals surface area contributed by atoms with Crippen molar-refractivity contribution in [3.63, 3.8) is 0 Å². The molecule has 0 spiro atoms. The van der Waals surface area contributed by atoms with Gasteiger partial charge in [-0.05, 0) is 7.05 Å². The SMILES string of the molecule is CNc1nc(NCCS(=O)(=O)NC)c2cn[nH]c2n1. The maximum Gasteiger partial charge on any atom is 0.226 e. The van der Waals surface area contributed by atoms with E-state index in [9.17, 15) is 8.42 Å². The van der Waals surface area contributed by atoms with E-state index in [-0.39, 0.29) is 12.3 Å². The topological polar surface area (TPSA) is 125 Å². The number of hydrogen-bond donors (Lipinski definition) is 4. The van der Waals surface area contributed by atoms with Gasteiger partial charge >= 0.3 is 0 Å². The summed E-state index contributed by atoms with van der Waals surface area (Å²) in [6.07, 6.45) is 1.59. The van der Waals surface area contributed by atoms with Crippen LogP contribution < -0.4 is 15.4 Å². The van der Waals surface area contributed by atoms with Gasteiger partial charge in [0.05, 0.1) is 17.3 Å². The van der Waals surface area contributed by atoms with Crippen molar-refractivity contribution in [2.45, 2.75) is 0 Å². The van der Waals surface area contributed by atoms with Gasteiger partial charge in [-0.2, -0.15) is 15.1 Å². The molecule has 104 valence electrons.